The Morgan fingerprint density at radius 2 is 1.13 bits per heavy atom. The molecule has 1 aromatic rings. The van der Waals surface area contributed by atoms with E-state index in [-0.39, 0.29) is 4.90 Å². The van der Waals surface area contributed by atoms with Crippen molar-refractivity contribution in [2.75, 3.05) is 4.90 Å². The van der Waals surface area contributed by atoms with Crippen molar-refractivity contribution in [2.24, 2.45) is 11.8 Å². The number of benzene rings is 1. The minimum Gasteiger partial charge on any atom is -0.365 e. The van der Waals surface area contributed by atoms with Crippen molar-refractivity contribution in [2.45, 2.75) is 12.2 Å². The van der Waals surface area contributed by atoms with Crippen LogP contribution in [-0.4, -0.2) is 24.0 Å². The van der Waals surface area contributed by atoms with Gasteiger partial charge in [-0.1, -0.05) is 12.2 Å². The fraction of sp³-hybridized carbons (Fsp3) is 0.286. The monoisotopic (exact) mass is 331 g/mol. The number of nitrogens with zero attached hydrogens (tertiary/aromatic N) is 1. The molecule has 4 rings (SSSR count). The molecule has 3 aliphatic rings. The van der Waals surface area contributed by atoms with Gasteiger partial charge in [-0.3, -0.25) is 9.59 Å². The highest BCUT2D eigenvalue weighted by Crippen LogP contribution is 2.47. The van der Waals surface area contributed by atoms with Crippen LogP contribution in [0.5, 0.6) is 0 Å². The third-order valence-corrected chi connectivity index (χ3v) is 4.32. The van der Waals surface area contributed by atoms with Gasteiger partial charge >= 0.3 is 0 Å². The number of amides is 2. The number of carbonyl (C=O) groups excluding carboxylic acids is 2. The van der Waals surface area contributed by atoms with Gasteiger partial charge in [-0.15, -0.1) is 0 Å². The zero-order chi connectivity index (χ0) is 16.6. The Hall–Kier alpha value is -2.29. The summed E-state index contributed by atoms with van der Waals surface area (Å²) >= 11 is 0. The second kappa shape index (κ2) is 4.38. The summed E-state index contributed by atoms with van der Waals surface area (Å²) in [6.45, 7) is 0. The van der Waals surface area contributed by atoms with Crippen LogP contribution in [0.15, 0.2) is 12.2 Å². The summed E-state index contributed by atoms with van der Waals surface area (Å²) in [5.41, 5.74) is -1.54. The average molecular weight is 331 g/mol. The van der Waals surface area contributed by atoms with E-state index in [0.29, 0.717) is 0 Å². The van der Waals surface area contributed by atoms with Crippen LogP contribution in [0.3, 0.4) is 0 Å². The molecule has 0 spiro atoms. The van der Waals surface area contributed by atoms with Crippen molar-refractivity contribution in [3.63, 3.8) is 0 Å². The van der Waals surface area contributed by atoms with E-state index in [0.717, 1.165) is 0 Å². The summed E-state index contributed by atoms with van der Waals surface area (Å²) in [6.07, 6.45) is 1.57. The van der Waals surface area contributed by atoms with Crippen LogP contribution in [0, 0.1) is 40.9 Å². The lowest BCUT2D eigenvalue weighted by molar-refractivity contribution is -0.124. The van der Waals surface area contributed by atoms with Crippen molar-refractivity contribution in [1.29, 1.82) is 0 Å². The molecule has 0 aromatic heterocycles. The molecular formula is C14H6F5NO3. The molecule has 120 valence electrons. The Morgan fingerprint density at radius 3 is 1.57 bits per heavy atom. The number of hydrogen-bond acceptors (Lipinski definition) is 3. The van der Waals surface area contributed by atoms with E-state index in [2.05, 4.69) is 0 Å². The second-order valence-electron chi connectivity index (χ2n) is 5.43. The second-order valence-corrected chi connectivity index (χ2v) is 5.43. The molecule has 2 amide bonds. The lowest BCUT2D eigenvalue weighted by Gasteiger charge is -2.19. The summed E-state index contributed by atoms with van der Waals surface area (Å²) in [7, 11) is 0. The van der Waals surface area contributed by atoms with Gasteiger partial charge in [0.2, 0.25) is 17.6 Å². The summed E-state index contributed by atoms with van der Waals surface area (Å²) < 4.78 is 72.8. The van der Waals surface area contributed by atoms with Crippen LogP contribution in [0.4, 0.5) is 27.6 Å². The van der Waals surface area contributed by atoms with Crippen molar-refractivity contribution < 1.29 is 36.3 Å². The first kappa shape index (κ1) is 14.3. The first-order valence-corrected chi connectivity index (χ1v) is 6.57. The molecule has 4 atom stereocenters. The van der Waals surface area contributed by atoms with Gasteiger partial charge in [0.1, 0.15) is 5.69 Å². The zero-order valence-electron chi connectivity index (χ0n) is 11.0. The third-order valence-electron chi connectivity index (χ3n) is 4.32. The van der Waals surface area contributed by atoms with E-state index in [9.17, 15) is 31.5 Å². The maximum atomic E-state index is 13.9. The van der Waals surface area contributed by atoms with E-state index in [1.54, 1.807) is 0 Å². The minimum atomic E-state index is -2.35. The molecule has 0 N–H and O–H groups in total. The van der Waals surface area contributed by atoms with Crippen LogP contribution in [0.25, 0.3) is 0 Å². The number of halogens is 5. The van der Waals surface area contributed by atoms with Gasteiger partial charge in [-0.2, -0.15) is 0 Å². The number of fused-ring (bicyclic) bond motifs is 5. The first-order valence-electron chi connectivity index (χ1n) is 6.57. The van der Waals surface area contributed by atoms with E-state index in [1.165, 1.54) is 12.2 Å². The number of carbonyl (C=O) groups is 2. The fourth-order valence-electron chi connectivity index (χ4n) is 3.31. The molecule has 2 saturated heterocycles. The molecule has 2 fully saturated rings. The van der Waals surface area contributed by atoms with Crippen molar-refractivity contribution >= 4 is 17.5 Å². The molecule has 23 heavy (non-hydrogen) atoms. The molecule has 2 bridgehead atoms. The normalized spacial score (nSPS) is 31.4. The molecule has 0 radical (unpaired) electrons. The fourth-order valence-corrected chi connectivity index (χ4v) is 3.31. The van der Waals surface area contributed by atoms with Crippen molar-refractivity contribution in [1.82, 2.24) is 0 Å². The van der Waals surface area contributed by atoms with Crippen LogP contribution in [0.1, 0.15) is 0 Å². The molecule has 4 nitrogen and oxygen atoms in total. The first-order chi connectivity index (χ1) is 10.8. The minimum absolute atomic E-state index is 0.0428. The summed E-state index contributed by atoms with van der Waals surface area (Å²) in [6, 6.07) is 0. The molecule has 1 aromatic carbocycles. The number of anilines is 1. The molecule has 0 saturated carbocycles. The van der Waals surface area contributed by atoms with E-state index >= 15 is 0 Å². The van der Waals surface area contributed by atoms with Crippen molar-refractivity contribution in [3.8, 4) is 0 Å². The smallest absolute Gasteiger partial charge is 0.240 e. The Balaban J connectivity index is 1.88. The van der Waals surface area contributed by atoms with Gasteiger partial charge in [0.05, 0.1) is 24.0 Å². The maximum Gasteiger partial charge on any atom is 0.240 e. The van der Waals surface area contributed by atoms with Crippen molar-refractivity contribution in [3.05, 3.63) is 41.2 Å². The molecular weight excluding hydrogens is 325 g/mol. The van der Waals surface area contributed by atoms with Gasteiger partial charge in [0.25, 0.3) is 0 Å². The number of imide groups is 1. The predicted octanol–water partition coefficient (Wildman–Crippen LogP) is 1.82. The summed E-state index contributed by atoms with van der Waals surface area (Å²) in [5, 5.41) is 0. The van der Waals surface area contributed by atoms with Crippen LogP contribution < -0.4 is 4.90 Å². The van der Waals surface area contributed by atoms with Gasteiger partial charge in [0.15, 0.2) is 23.3 Å². The SMILES string of the molecule is O=C1[C@@H]2[C@H](C(=O)N1c1c(F)c(F)c(F)c(F)c1F)[C@@H]1C=C[C@H]2O1. The highest BCUT2D eigenvalue weighted by Gasteiger charge is 2.62. The lowest BCUT2D eigenvalue weighted by Crippen LogP contribution is -2.36. The molecule has 9 heteroatoms. The van der Waals surface area contributed by atoms with Crippen LogP contribution in [-0.2, 0) is 14.3 Å². The van der Waals surface area contributed by atoms with E-state index < -0.39 is 70.6 Å². The average Bonchev–Trinajstić information content (AvgIpc) is 3.20. The topological polar surface area (TPSA) is 46.6 Å². The molecule has 3 aliphatic heterocycles. The number of rotatable bonds is 1. The van der Waals surface area contributed by atoms with Gasteiger partial charge in [0, 0.05) is 0 Å². The largest absolute Gasteiger partial charge is 0.365 e. The number of hydrogen-bond donors (Lipinski definition) is 0. The van der Waals surface area contributed by atoms with E-state index in [4.69, 9.17) is 4.74 Å². The Bertz CT molecular complexity index is 749. The van der Waals surface area contributed by atoms with Gasteiger partial charge < -0.3 is 4.74 Å². The van der Waals surface area contributed by atoms with Crippen LogP contribution >= 0.6 is 0 Å². The zero-order valence-corrected chi connectivity index (χ0v) is 11.0. The highest BCUT2D eigenvalue weighted by atomic mass is 19.2. The molecule has 0 aliphatic carbocycles. The molecule has 0 unspecified atom stereocenters. The summed E-state index contributed by atoms with van der Waals surface area (Å²) in [4.78, 5) is 24.7. The lowest BCUT2D eigenvalue weighted by atomic mass is 9.85. The van der Waals surface area contributed by atoms with Crippen LogP contribution in [0.2, 0.25) is 0 Å². The quantitative estimate of drug-likeness (QED) is 0.259. The van der Waals surface area contributed by atoms with Gasteiger partial charge in [-0.05, 0) is 0 Å². The summed E-state index contributed by atoms with van der Waals surface area (Å²) in [5.74, 6) is -15.3. The van der Waals surface area contributed by atoms with Gasteiger partial charge in [-0.25, -0.2) is 26.9 Å². The standard InChI is InChI=1S/C14H6F5NO3/c15-7-8(16)10(18)12(11(19)9(7)17)20-13(21)5-3-1-2-4(23-3)6(5)14(20)22/h1-6H/t3-,4+,5+,6-. The Labute approximate surface area is 125 Å². The Kier molecular flexibility index (Phi) is 2.72. The van der Waals surface area contributed by atoms with E-state index in [1.807, 2.05) is 0 Å². The number of ether oxygens (including phenoxy) is 1. The molecule has 3 heterocycles. The third kappa shape index (κ3) is 1.57. The Morgan fingerprint density at radius 1 is 0.739 bits per heavy atom. The maximum absolute atomic E-state index is 13.9. The predicted molar refractivity (Wildman–Crippen MR) is 63.5 cm³/mol. The highest BCUT2D eigenvalue weighted by molar-refractivity contribution is 6.23.